The van der Waals surface area contributed by atoms with Gasteiger partial charge in [-0.1, -0.05) is 12.1 Å². The molecule has 3 aliphatic rings. The van der Waals surface area contributed by atoms with Gasteiger partial charge < -0.3 is 24.6 Å². The summed E-state index contributed by atoms with van der Waals surface area (Å²) in [5.74, 6) is 0.801. The molecule has 166 valence electrons. The van der Waals surface area contributed by atoms with Gasteiger partial charge in [0.2, 0.25) is 5.91 Å². The number of phenolic OH excluding ortho intramolecular Hbond substituents is 1. The summed E-state index contributed by atoms with van der Waals surface area (Å²) in [5.41, 5.74) is 0.837. The van der Waals surface area contributed by atoms with Crippen LogP contribution < -0.4 is 10.1 Å². The fourth-order valence-corrected chi connectivity index (χ4v) is 4.85. The van der Waals surface area contributed by atoms with E-state index in [1.54, 1.807) is 6.07 Å². The Bertz CT molecular complexity index is 726. The Kier molecular flexibility index (Phi) is 6.80. The number of piperidine rings is 1. The molecule has 7 nitrogen and oxygen atoms in total. The van der Waals surface area contributed by atoms with E-state index in [4.69, 9.17) is 14.2 Å². The minimum atomic E-state index is -0.277. The molecule has 0 radical (unpaired) electrons. The molecule has 7 heteroatoms. The monoisotopic (exact) mass is 418 g/mol. The largest absolute Gasteiger partial charge is 0.504 e. The number of ether oxygens (including phenoxy) is 3. The first-order chi connectivity index (χ1) is 14.6. The van der Waals surface area contributed by atoms with Gasteiger partial charge in [0.25, 0.3) is 0 Å². The highest BCUT2D eigenvalue weighted by Crippen LogP contribution is 2.39. The van der Waals surface area contributed by atoms with Crippen LogP contribution in [0.15, 0.2) is 18.2 Å². The summed E-state index contributed by atoms with van der Waals surface area (Å²) < 4.78 is 17.4. The third-order valence-electron chi connectivity index (χ3n) is 6.61. The van der Waals surface area contributed by atoms with Gasteiger partial charge in [-0.25, -0.2) is 0 Å². The van der Waals surface area contributed by atoms with Gasteiger partial charge >= 0.3 is 0 Å². The smallest absolute Gasteiger partial charge is 0.249 e. The highest BCUT2D eigenvalue weighted by atomic mass is 16.5. The first kappa shape index (κ1) is 21.4. The zero-order valence-corrected chi connectivity index (χ0v) is 17.9. The van der Waals surface area contributed by atoms with Crippen molar-refractivity contribution in [2.75, 3.05) is 32.8 Å². The highest BCUT2D eigenvalue weighted by molar-refractivity contribution is 5.80. The molecule has 0 aliphatic carbocycles. The molecule has 0 unspecified atom stereocenters. The number of likely N-dealkylation sites (tertiary alicyclic amines) is 1. The number of hydrogen-bond donors (Lipinski definition) is 2. The van der Waals surface area contributed by atoms with Crippen molar-refractivity contribution >= 4 is 5.91 Å². The van der Waals surface area contributed by atoms with Crippen molar-refractivity contribution in [1.82, 2.24) is 10.2 Å². The molecule has 2 atom stereocenters. The van der Waals surface area contributed by atoms with E-state index in [1.807, 2.05) is 19.1 Å². The van der Waals surface area contributed by atoms with Crippen LogP contribution in [0, 0.1) is 0 Å². The van der Waals surface area contributed by atoms with Crippen molar-refractivity contribution in [2.24, 2.45) is 0 Å². The summed E-state index contributed by atoms with van der Waals surface area (Å²) in [5, 5.41) is 13.5. The minimum Gasteiger partial charge on any atom is -0.504 e. The van der Waals surface area contributed by atoms with E-state index in [0.29, 0.717) is 32.1 Å². The van der Waals surface area contributed by atoms with Crippen molar-refractivity contribution in [1.29, 1.82) is 0 Å². The zero-order valence-electron chi connectivity index (χ0n) is 17.9. The Morgan fingerprint density at radius 3 is 2.87 bits per heavy atom. The Morgan fingerprint density at radius 1 is 1.30 bits per heavy atom. The number of carbonyl (C=O) groups is 1. The van der Waals surface area contributed by atoms with Gasteiger partial charge in [-0.15, -0.1) is 0 Å². The maximum atomic E-state index is 12.2. The number of nitrogens with zero attached hydrogens (tertiary/aromatic N) is 1. The molecule has 3 aliphatic heterocycles. The van der Waals surface area contributed by atoms with E-state index in [2.05, 4.69) is 10.2 Å². The SMILES string of the molecule is CCOc1cccc(CN2CCC3(CC[C@@H](CNC(=O)[C@@H]4CCCO4)O3)CC2)c1O. The third-order valence-corrected chi connectivity index (χ3v) is 6.61. The van der Waals surface area contributed by atoms with E-state index in [-0.39, 0.29) is 29.5 Å². The van der Waals surface area contributed by atoms with Crippen molar-refractivity contribution < 1.29 is 24.1 Å². The first-order valence-electron chi connectivity index (χ1n) is 11.3. The van der Waals surface area contributed by atoms with Crippen molar-refractivity contribution in [2.45, 2.75) is 69.8 Å². The van der Waals surface area contributed by atoms with Gasteiger partial charge in [-0.2, -0.15) is 0 Å². The zero-order chi connectivity index (χ0) is 21.0. The fourth-order valence-electron chi connectivity index (χ4n) is 4.85. The lowest BCUT2D eigenvalue weighted by molar-refractivity contribution is -0.131. The van der Waals surface area contributed by atoms with Crippen LogP contribution in [-0.2, 0) is 20.8 Å². The lowest BCUT2D eigenvalue weighted by Gasteiger charge is -2.39. The van der Waals surface area contributed by atoms with E-state index in [1.165, 1.54) is 0 Å². The molecular formula is C23H34N2O5. The van der Waals surface area contributed by atoms with Crippen LogP contribution in [-0.4, -0.2) is 66.6 Å². The highest BCUT2D eigenvalue weighted by Gasteiger charge is 2.42. The molecule has 0 saturated carbocycles. The number of amides is 1. The number of aromatic hydroxyl groups is 1. The second-order valence-electron chi connectivity index (χ2n) is 8.68. The van der Waals surface area contributed by atoms with Crippen molar-refractivity contribution in [3.63, 3.8) is 0 Å². The molecule has 4 rings (SSSR count). The Balaban J connectivity index is 1.23. The first-order valence-corrected chi connectivity index (χ1v) is 11.3. The van der Waals surface area contributed by atoms with Crippen LogP contribution in [0.4, 0.5) is 0 Å². The van der Waals surface area contributed by atoms with Crippen LogP contribution in [0.5, 0.6) is 11.5 Å². The van der Waals surface area contributed by atoms with Crippen LogP contribution in [0.1, 0.15) is 51.0 Å². The lowest BCUT2D eigenvalue weighted by Crippen LogP contribution is -2.45. The standard InChI is InChI=1S/C23H34N2O5/c1-2-28-19-6-3-5-17(21(19)26)16-25-12-10-23(11-13-25)9-8-18(30-23)15-24-22(27)20-7-4-14-29-20/h3,5-6,18,20,26H,2,4,7-16H2,1H3,(H,24,27)/t18-,20-/m0/s1. The van der Waals surface area contributed by atoms with Crippen molar-refractivity contribution in [3.05, 3.63) is 23.8 Å². The average molecular weight is 419 g/mol. The quantitative estimate of drug-likeness (QED) is 0.709. The number of benzene rings is 1. The number of nitrogens with one attached hydrogen (secondary N) is 1. The Labute approximate surface area is 178 Å². The van der Waals surface area contributed by atoms with E-state index in [0.717, 1.165) is 57.2 Å². The summed E-state index contributed by atoms with van der Waals surface area (Å²) in [7, 11) is 0. The van der Waals surface area contributed by atoms with Crippen LogP contribution in [0.25, 0.3) is 0 Å². The summed E-state index contributed by atoms with van der Waals surface area (Å²) in [6, 6.07) is 5.69. The second-order valence-corrected chi connectivity index (χ2v) is 8.68. The van der Waals surface area contributed by atoms with Gasteiger partial charge in [-0.05, 0) is 51.5 Å². The minimum absolute atomic E-state index is 0.000889. The Morgan fingerprint density at radius 2 is 2.13 bits per heavy atom. The second kappa shape index (κ2) is 9.54. The summed E-state index contributed by atoms with van der Waals surface area (Å²) in [6.45, 7) is 6.30. The van der Waals surface area contributed by atoms with E-state index < -0.39 is 0 Å². The molecule has 1 aromatic carbocycles. The van der Waals surface area contributed by atoms with Gasteiger partial charge in [0.1, 0.15) is 6.10 Å². The van der Waals surface area contributed by atoms with Crippen LogP contribution >= 0.6 is 0 Å². The van der Waals surface area contributed by atoms with Gasteiger partial charge in [0, 0.05) is 38.3 Å². The molecule has 3 saturated heterocycles. The van der Waals surface area contributed by atoms with E-state index in [9.17, 15) is 9.90 Å². The normalized spacial score (nSPS) is 26.2. The summed E-state index contributed by atoms with van der Waals surface area (Å²) in [6.07, 6.45) is 5.60. The van der Waals surface area contributed by atoms with Gasteiger partial charge in [-0.3, -0.25) is 9.69 Å². The molecule has 2 N–H and O–H groups in total. The molecule has 0 bridgehead atoms. The molecule has 3 heterocycles. The molecule has 1 spiro atoms. The molecule has 3 fully saturated rings. The number of hydrogen-bond acceptors (Lipinski definition) is 6. The summed E-state index contributed by atoms with van der Waals surface area (Å²) >= 11 is 0. The molecule has 30 heavy (non-hydrogen) atoms. The third kappa shape index (κ3) is 4.90. The van der Waals surface area contributed by atoms with Gasteiger partial charge in [0.05, 0.1) is 18.3 Å². The van der Waals surface area contributed by atoms with Gasteiger partial charge in [0.15, 0.2) is 11.5 Å². The number of phenols is 1. The maximum Gasteiger partial charge on any atom is 0.249 e. The molecule has 1 aromatic rings. The number of rotatable bonds is 7. The van der Waals surface area contributed by atoms with E-state index >= 15 is 0 Å². The number of para-hydroxylation sites is 1. The predicted molar refractivity (Wildman–Crippen MR) is 113 cm³/mol. The maximum absolute atomic E-state index is 12.2. The average Bonchev–Trinajstić information content (AvgIpc) is 3.42. The Hall–Kier alpha value is -1.83. The molecular weight excluding hydrogens is 384 g/mol. The summed E-state index contributed by atoms with van der Waals surface area (Å²) in [4.78, 5) is 14.5. The molecule has 0 aromatic heterocycles. The topological polar surface area (TPSA) is 80.3 Å². The van der Waals surface area contributed by atoms with Crippen LogP contribution in [0.2, 0.25) is 0 Å². The van der Waals surface area contributed by atoms with Crippen LogP contribution in [0.3, 0.4) is 0 Å². The number of carbonyl (C=O) groups excluding carboxylic acids is 1. The lowest BCUT2D eigenvalue weighted by atomic mass is 9.88. The fraction of sp³-hybridized carbons (Fsp3) is 0.696. The van der Waals surface area contributed by atoms with Crippen molar-refractivity contribution in [3.8, 4) is 11.5 Å². The predicted octanol–water partition coefficient (Wildman–Crippen LogP) is 2.60. The molecule has 1 amide bonds.